The molecule has 7 heteroatoms. The van der Waals surface area contributed by atoms with Crippen LogP contribution in [0.3, 0.4) is 0 Å². The largest absolute Gasteiger partial charge is 0.426 e. The van der Waals surface area contributed by atoms with E-state index in [0.29, 0.717) is 0 Å². The zero-order chi connectivity index (χ0) is 18.0. The van der Waals surface area contributed by atoms with Crippen LogP contribution < -0.4 is 9.47 Å². The van der Waals surface area contributed by atoms with Crippen LogP contribution in [0, 0.1) is 0 Å². The van der Waals surface area contributed by atoms with Crippen molar-refractivity contribution in [3.05, 3.63) is 59.7 Å². The second kappa shape index (κ2) is 6.27. The Labute approximate surface area is 143 Å². The molecular weight excluding hydrogens is 328 g/mol. The lowest BCUT2D eigenvalue weighted by atomic mass is 10.2. The molecule has 128 valence electrons. The number of fused-ring (bicyclic) bond motifs is 1. The predicted octanol–water partition coefficient (Wildman–Crippen LogP) is 2.69. The lowest BCUT2D eigenvalue weighted by molar-refractivity contribution is -0.278. The minimum atomic E-state index is -1.94. The van der Waals surface area contributed by atoms with Gasteiger partial charge in [0.25, 0.3) is 0 Å². The highest BCUT2D eigenvalue weighted by Gasteiger charge is 2.42. The van der Waals surface area contributed by atoms with Crippen molar-refractivity contribution in [2.45, 2.75) is 19.8 Å². The van der Waals surface area contributed by atoms with Gasteiger partial charge in [0.15, 0.2) is 0 Å². The summed E-state index contributed by atoms with van der Waals surface area (Å²) in [6, 6.07) is 12.5. The summed E-state index contributed by atoms with van der Waals surface area (Å²) in [6.45, 7) is 2.51. The topological polar surface area (TPSA) is 88.1 Å². The molecule has 0 amide bonds. The average Bonchev–Trinajstić information content (AvgIpc) is 2.54. The monoisotopic (exact) mass is 342 g/mol. The van der Waals surface area contributed by atoms with E-state index in [1.165, 1.54) is 32.0 Å². The summed E-state index contributed by atoms with van der Waals surface area (Å²) in [7, 11) is 0. The van der Waals surface area contributed by atoms with E-state index in [-0.39, 0.29) is 22.6 Å². The summed E-state index contributed by atoms with van der Waals surface area (Å²) in [4.78, 5) is 35.7. The van der Waals surface area contributed by atoms with Crippen LogP contribution in [0.5, 0.6) is 11.5 Å². The van der Waals surface area contributed by atoms with Crippen molar-refractivity contribution in [2.75, 3.05) is 0 Å². The van der Waals surface area contributed by atoms with Gasteiger partial charge in [-0.3, -0.25) is 4.79 Å². The number of hydrogen-bond acceptors (Lipinski definition) is 7. The Hall–Kier alpha value is -3.35. The number of cyclic esters (lactones) is 1. The SMILES string of the molecule is CC(=O)Oc1ccccc1C(=O)OC1(C)OC(=O)c2ccccc2O1. The number of esters is 3. The molecule has 0 spiro atoms. The van der Waals surface area contributed by atoms with E-state index >= 15 is 0 Å². The quantitative estimate of drug-likeness (QED) is 0.626. The van der Waals surface area contributed by atoms with Crippen molar-refractivity contribution in [3.63, 3.8) is 0 Å². The maximum atomic E-state index is 12.5. The smallest absolute Gasteiger partial charge is 0.418 e. The van der Waals surface area contributed by atoms with Gasteiger partial charge < -0.3 is 18.9 Å². The fourth-order valence-corrected chi connectivity index (χ4v) is 2.31. The van der Waals surface area contributed by atoms with E-state index in [2.05, 4.69) is 0 Å². The first-order valence-corrected chi connectivity index (χ1v) is 7.40. The molecule has 1 aliphatic rings. The molecule has 0 saturated carbocycles. The second-order valence-corrected chi connectivity index (χ2v) is 5.33. The van der Waals surface area contributed by atoms with Gasteiger partial charge in [0, 0.05) is 6.92 Å². The first-order valence-electron chi connectivity index (χ1n) is 7.40. The van der Waals surface area contributed by atoms with Gasteiger partial charge in [-0.1, -0.05) is 24.3 Å². The molecular formula is C18H14O7. The van der Waals surface area contributed by atoms with Gasteiger partial charge in [0.2, 0.25) is 0 Å². The molecule has 25 heavy (non-hydrogen) atoms. The number of carbonyl (C=O) groups is 3. The predicted molar refractivity (Wildman–Crippen MR) is 84.1 cm³/mol. The number of para-hydroxylation sites is 2. The third kappa shape index (κ3) is 3.45. The van der Waals surface area contributed by atoms with E-state index in [4.69, 9.17) is 18.9 Å². The van der Waals surface area contributed by atoms with Gasteiger partial charge in [-0.2, -0.15) is 0 Å². The molecule has 3 rings (SSSR count). The minimum absolute atomic E-state index is 0.00238. The van der Waals surface area contributed by atoms with E-state index in [1.54, 1.807) is 30.3 Å². The van der Waals surface area contributed by atoms with Crippen LogP contribution in [0.15, 0.2) is 48.5 Å². The molecule has 1 heterocycles. The summed E-state index contributed by atoms with van der Waals surface area (Å²) >= 11 is 0. The number of ether oxygens (including phenoxy) is 4. The molecule has 2 aromatic carbocycles. The van der Waals surface area contributed by atoms with Crippen molar-refractivity contribution < 1.29 is 33.3 Å². The summed E-state index contributed by atoms with van der Waals surface area (Å²) < 4.78 is 20.8. The average molecular weight is 342 g/mol. The Morgan fingerprint density at radius 1 is 1.00 bits per heavy atom. The molecule has 0 aromatic heterocycles. The fraction of sp³-hybridized carbons (Fsp3) is 0.167. The van der Waals surface area contributed by atoms with Gasteiger partial charge in [0.1, 0.15) is 22.6 Å². The Morgan fingerprint density at radius 2 is 1.68 bits per heavy atom. The standard InChI is InChI=1S/C18H14O7/c1-11(19)22-14-9-5-3-7-12(14)16(20)24-18(2)23-15-10-6-4-8-13(15)17(21)25-18/h3-10H,1-2H3. The third-order valence-corrected chi connectivity index (χ3v) is 3.32. The van der Waals surface area contributed by atoms with Crippen LogP contribution in [0.4, 0.5) is 0 Å². The Bertz CT molecular complexity index is 858. The van der Waals surface area contributed by atoms with Gasteiger partial charge >= 0.3 is 23.9 Å². The molecule has 2 aromatic rings. The Kier molecular flexibility index (Phi) is 4.14. The van der Waals surface area contributed by atoms with Crippen LogP contribution in [0.25, 0.3) is 0 Å². The maximum absolute atomic E-state index is 12.5. The number of rotatable bonds is 3. The molecule has 1 unspecified atom stereocenters. The normalized spacial score (nSPS) is 18.4. The molecule has 0 bridgehead atoms. The van der Waals surface area contributed by atoms with Crippen molar-refractivity contribution in [1.82, 2.24) is 0 Å². The van der Waals surface area contributed by atoms with Crippen LogP contribution in [0.1, 0.15) is 34.6 Å². The van der Waals surface area contributed by atoms with Crippen LogP contribution in [-0.4, -0.2) is 23.9 Å². The highest BCUT2D eigenvalue weighted by molar-refractivity contribution is 5.95. The van der Waals surface area contributed by atoms with Crippen molar-refractivity contribution >= 4 is 17.9 Å². The number of benzene rings is 2. The summed E-state index contributed by atoms with van der Waals surface area (Å²) in [5.41, 5.74) is 0.230. The summed E-state index contributed by atoms with van der Waals surface area (Å²) in [5.74, 6) is -3.79. The van der Waals surface area contributed by atoms with E-state index in [0.717, 1.165) is 0 Å². The molecule has 0 fully saturated rings. The summed E-state index contributed by atoms with van der Waals surface area (Å²) in [5, 5.41) is 0. The Balaban J connectivity index is 1.84. The minimum Gasteiger partial charge on any atom is -0.426 e. The van der Waals surface area contributed by atoms with Crippen molar-refractivity contribution in [3.8, 4) is 11.5 Å². The molecule has 0 N–H and O–H groups in total. The van der Waals surface area contributed by atoms with Gasteiger partial charge in [-0.05, 0) is 24.3 Å². The highest BCUT2D eigenvalue weighted by atomic mass is 16.9. The molecule has 0 saturated heterocycles. The van der Waals surface area contributed by atoms with E-state index in [1.807, 2.05) is 0 Å². The maximum Gasteiger partial charge on any atom is 0.418 e. The first-order chi connectivity index (χ1) is 11.9. The van der Waals surface area contributed by atoms with Crippen molar-refractivity contribution in [2.24, 2.45) is 0 Å². The van der Waals surface area contributed by atoms with E-state index < -0.39 is 23.9 Å². The molecule has 1 aliphatic heterocycles. The molecule has 1 atom stereocenters. The van der Waals surface area contributed by atoms with E-state index in [9.17, 15) is 14.4 Å². The summed E-state index contributed by atoms with van der Waals surface area (Å²) in [6.07, 6.45) is 0. The lowest BCUT2D eigenvalue weighted by Crippen LogP contribution is -2.45. The first kappa shape index (κ1) is 16.5. The van der Waals surface area contributed by atoms with Gasteiger partial charge in [0.05, 0.1) is 6.92 Å². The van der Waals surface area contributed by atoms with Crippen LogP contribution in [0.2, 0.25) is 0 Å². The highest BCUT2D eigenvalue weighted by Crippen LogP contribution is 2.33. The number of hydrogen-bond donors (Lipinski definition) is 0. The van der Waals surface area contributed by atoms with Crippen LogP contribution >= 0.6 is 0 Å². The second-order valence-electron chi connectivity index (χ2n) is 5.33. The third-order valence-electron chi connectivity index (χ3n) is 3.32. The Morgan fingerprint density at radius 3 is 2.44 bits per heavy atom. The number of carbonyl (C=O) groups excluding carboxylic acids is 3. The van der Waals surface area contributed by atoms with Gasteiger partial charge in [-0.15, -0.1) is 0 Å². The van der Waals surface area contributed by atoms with Gasteiger partial charge in [-0.25, -0.2) is 9.59 Å². The lowest BCUT2D eigenvalue weighted by Gasteiger charge is -2.33. The molecule has 0 aliphatic carbocycles. The zero-order valence-corrected chi connectivity index (χ0v) is 13.5. The molecule has 0 radical (unpaired) electrons. The molecule has 7 nitrogen and oxygen atoms in total. The van der Waals surface area contributed by atoms with Crippen LogP contribution in [-0.2, 0) is 14.3 Å². The fourth-order valence-electron chi connectivity index (χ4n) is 2.31. The zero-order valence-electron chi connectivity index (χ0n) is 13.5. The van der Waals surface area contributed by atoms with Crippen molar-refractivity contribution in [1.29, 1.82) is 0 Å².